The van der Waals surface area contributed by atoms with Gasteiger partial charge in [0.2, 0.25) is 0 Å². The molecular weight excluding hydrogens is 588 g/mol. The Bertz CT molecular complexity index is 1290. The standard InChI is InChI=1S/C27H31Cl2F3N4O5/c1-26(2,3)41-17-8-16(9-17)35(13-21(37)22-19(28)11-33-12-20(22)29)24(38)18-10-34-36(23(18)27(30,31)32)15-6-4-14(5-7-15)25(39)40/h10-12,14-17H,4-9,13H2,1-3H3,(H,39,40)/t14-,15-,16?,17?. The fraction of sp³-hybridized carbons (Fsp3) is 0.593. The number of ketones is 1. The molecule has 0 radical (unpaired) electrons. The van der Waals surface area contributed by atoms with Crippen LogP contribution in [0.1, 0.15) is 91.7 Å². The number of carboxylic acid groups (broad SMARTS) is 1. The van der Waals surface area contributed by atoms with E-state index in [1.54, 1.807) is 0 Å². The number of rotatable bonds is 8. The molecule has 2 aromatic rings. The van der Waals surface area contributed by atoms with Crippen molar-refractivity contribution in [2.24, 2.45) is 5.92 Å². The highest BCUT2D eigenvalue weighted by Crippen LogP contribution is 2.40. The molecule has 2 aromatic heterocycles. The van der Waals surface area contributed by atoms with Crippen LogP contribution >= 0.6 is 23.2 Å². The van der Waals surface area contributed by atoms with Crippen molar-refractivity contribution in [3.63, 3.8) is 0 Å². The Morgan fingerprint density at radius 2 is 1.63 bits per heavy atom. The van der Waals surface area contributed by atoms with Crippen LogP contribution in [-0.2, 0) is 15.7 Å². The number of carboxylic acids is 1. The molecule has 14 heteroatoms. The molecule has 2 saturated carbocycles. The van der Waals surface area contributed by atoms with Crippen molar-refractivity contribution in [2.45, 2.75) is 89.3 Å². The third-order valence-electron chi connectivity index (χ3n) is 7.42. The summed E-state index contributed by atoms with van der Waals surface area (Å²) in [7, 11) is 0. The summed E-state index contributed by atoms with van der Waals surface area (Å²) in [6, 6.07) is -1.30. The Hall–Kier alpha value is -2.70. The second kappa shape index (κ2) is 11.9. The van der Waals surface area contributed by atoms with E-state index in [0.29, 0.717) is 12.8 Å². The normalized spacial score (nSPS) is 23.1. The van der Waals surface area contributed by atoms with Crippen molar-refractivity contribution < 1.29 is 37.4 Å². The maximum atomic E-state index is 14.4. The smallest absolute Gasteiger partial charge is 0.433 e. The number of pyridine rings is 1. The lowest BCUT2D eigenvalue weighted by atomic mass is 9.86. The van der Waals surface area contributed by atoms with Gasteiger partial charge in [0.05, 0.1) is 57.6 Å². The van der Waals surface area contributed by atoms with Gasteiger partial charge < -0.3 is 14.7 Å². The number of nitrogens with zero attached hydrogens (tertiary/aromatic N) is 4. The van der Waals surface area contributed by atoms with E-state index < -0.39 is 65.2 Å². The first-order valence-electron chi connectivity index (χ1n) is 13.2. The summed E-state index contributed by atoms with van der Waals surface area (Å²) in [5.74, 6) is -3.27. The minimum absolute atomic E-state index is 0.0433. The summed E-state index contributed by atoms with van der Waals surface area (Å²) < 4.78 is 50.1. The Labute approximate surface area is 244 Å². The van der Waals surface area contributed by atoms with Gasteiger partial charge in [-0.25, -0.2) is 0 Å². The highest BCUT2D eigenvalue weighted by molar-refractivity contribution is 6.39. The number of carbonyl (C=O) groups is 3. The average molecular weight is 619 g/mol. The molecule has 4 rings (SSSR count). The average Bonchev–Trinajstić information content (AvgIpc) is 3.30. The van der Waals surface area contributed by atoms with Crippen LogP contribution in [0.25, 0.3) is 0 Å². The number of aromatic nitrogens is 3. The van der Waals surface area contributed by atoms with Gasteiger partial charge in [-0.2, -0.15) is 18.3 Å². The van der Waals surface area contributed by atoms with Crippen LogP contribution in [0, 0.1) is 5.92 Å². The molecule has 0 unspecified atom stereocenters. The van der Waals surface area contributed by atoms with Crippen LogP contribution in [0.3, 0.4) is 0 Å². The van der Waals surface area contributed by atoms with Crippen LogP contribution < -0.4 is 0 Å². The van der Waals surface area contributed by atoms with Gasteiger partial charge in [0.25, 0.3) is 5.91 Å². The molecule has 0 aromatic carbocycles. The number of amides is 1. The molecule has 9 nitrogen and oxygen atoms in total. The molecule has 0 bridgehead atoms. The Morgan fingerprint density at radius 3 is 2.15 bits per heavy atom. The van der Waals surface area contributed by atoms with Crippen LogP contribution in [0.4, 0.5) is 13.2 Å². The topological polar surface area (TPSA) is 115 Å². The highest BCUT2D eigenvalue weighted by Gasteiger charge is 2.46. The van der Waals surface area contributed by atoms with E-state index >= 15 is 0 Å². The maximum Gasteiger partial charge on any atom is 0.433 e. The quantitative estimate of drug-likeness (QED) is 0.356. The van der Waals surface area contributed by atoms with Crippen molar-refractivity contribution in [1.82, 2.24) is 19.7 Å². The first-order chi connectivity index (χ1) is 19.1. The zero-order valence-electron chi connectivity index (χ0n) is 22.8. The predicted molar refractivity (Wildman–Crippen MR) is 143 cm³/mol. The Morgan fingerprint density at radius 1 is 1.05 bits per heavy atom. The minimum Gasteiger partial charge on any atom is -0.481 e. The number of carbonyl (C=O) groups excluding carboxylic acids is 2. The van der Waals surface area contributed by atoms with Crippen molar-refractivity contribution in [3.8, 4) is 0 Å². The molecule has 0 saturated heterocycles. The van der Waals surface area contributed by atoms with Gasteiger partial charge in [-0.3, -0.25) is 24.0 Å². The first kappa shape index (κ1) is 31.2. The first-order valence-corrected chi connectivity index (χ1v) is 14.0. The van der Waals surface area contributed by atoms with Crippen LogP contribution in [0.2, 0.25) is 10.0 Å². The molecule has 0 spiro atoms. The van der Waals surface area contributed by atoms with Crippen molar-refractivity contribution in [1.29, 1.82) is 0 Å². The van der Waals surface area contributed by atoms with Gasteiger partial charge in [0.1, 0.15) is 0 Å². The lowest BCUT2D eigenvalue weighted by Crippen LogP contribution is -2.53. The second-order valence-electron chi connectivity index (χ2n) is 11.5. The largest absolute Gasteiger partial charge is 0.481 e. The lowest BCUT2D eigenvalue weighted by molar-refractivity contribution is -0.147. The maximum absolute atomic E-state index is 14.4. The molecule has 224 valence electrons. The van der Waals surface area contributed by atoms with E-state index in [9.17, 15) is 32.7 Å². The molecule has 2 aliphatic carbocycles. The lowest BCUT2D eigenvalue weighted by Gasteiger charge is -2.44. The van der Waals surface area contributed by atoms with Gasteiger partial charge in [-0.05, 0) is 59.3 Å². The molecule has 41 heavy (non-hydrogen) atoms. The van der Waals surface area contributed by atoms with E-state index in [0.717, 1.165) is 15.8 Å². The number of Topliss-reactive ketones (excluding diaryl/α,β-unsaturated/α-hetero) is 1. The SMILES string of the molecule is CC(C)(C)OC1CC(N(CC(=O)c2c(Cl)cncc2Cl)C(=O)c2cnn([C@H]3CC[C@H](C(=O)O)CC3)c2C(F)(F)F)C1. The van der Waals surface area contributed by atoms with Crippen molar-refractivity contribution in [2.75, 3.05) is 6.54 Å². The number of ether oxygens (including phenoxy) is 1. The summed E-state index contributed by atoms with van der Waals surface area (Å²) in [4.78, 5) is 43.4. The van der Waals surface area contributed by atoms with Gasteiger partial charge >= 0.3 is 12.1 Å². The van der Waals surface area contributed by atoms with E-state index in [4.69, 9.17) is 27.9 Å². The Balaban J connectivity index is 1.66. The van der Waals surface area contributed by atoms with Crippen LogP contribution in [0.5, 0.6) is 0 Å². The minimum atomic E-state index is -4.93. The second-order valence-corrected chi connectivity index (χ2v) is 12.3. The zero-order valence-corrected chi connectivity index (χ0v) is 24.3. The molecule has 0 aliphatic heterocycles. The number of aliphatic carboxylic acids is 1. The molecule has 2 fully saturated rings. The zero-order chi connectivity index (χ0) is 30.3. The molecule has 1 amide bonds. The third-order valence-corrected chi connectivity index (χ3v) is 8.00. The summed E-state index contributed by atoms with van der Waals surface area (Å²) in [5, 5.41) is 13.1. The number of halogens is 5. The van der Waals surface area contributed by atoms with E-state index in [1.807, 2.05) is 20.8 Å². The summed E-state index contributed by atoms with van der Waals surface area (Å²) in [6.45, 7) is 5.04. The molecular formula is C27H31Cl2F3N4O5. The van der Waals surface area contributed by atoms with Gasteiger partial charge in [0, 0.05) is 18.4 Å². The van der Waals surface area contributed by atoms with Crippen molar-refractivity contribution in [3.05, 3.63) is 45.5 Å². The highest BCUT2D eigenvalue weighted by atomic mass is 35.5. The van der Waals surface area contributed by atoms with E-state index in [2.05, 4.69) is 10.1 Å². The van der Waals surface area contributed by atoms with Crippen LogP contribution in [-0.4, -0.2) is 66.7 Å². The Kier molecular flexibility index (Phi) is 9.06. The summed E-state index contributed by atoms with van der Waals surface area (Å²) in [6.07, 6.45) is -0.481. The molecule has 1 N–H and O–H groups in total. The molecule has 2 heterocycles. The number of hydrogen-bond donors (Lipinski definition) is 1. The van der Waals surface area contributed by atoms with Crippen LogP contribution in [0.15, 0.2) is 18.6 Å². The van der Waals surface area contributed by atoms with Gasteiger partial charge in [-0.15, -0.1) is 0 Å². The molecule has 0 atom stereocenters. The third kappa shape index (κ3) is 7.03. The monoisotopic (exact) mass is 618 g/mol. The van der Waals surface area contributed by atoms with Gasteiger partial charge in [0.15, 0.2) is 11.5 Å². The fourth-order valence-corrected chi connectivity index (χ4v) is 6.04. The summed E-state index contributed by atoms with van der Waals surface area (Å²) in [5.41, 5.74) is -2.45. The van der Waals surface area contributed by atoms with Gasteiger partial charge in [-0.1, -0.05) is 23.2 Å². The number of alkyl halides is 3. The number of hydrogen-bond acceptors (Lipinski definition) is 6. The van der Waals surface area contributed by atoms with Crippen molar-refractivity contribution >= 4 is 40.9 Å². The summed E-state index contributed by atoms with van der Waals surface area (Å²) >= 11 is 12.3. The van der Waals surface area contributed by atoms with E-state index in [1.165, 1.54) is 12.4 Å². The fourth-order valence-electron chi connectivity index (χ4n) is 5.47. The molecule has 2 aliphatic rings. The predicted octanol–water partition coefficient (Wildman–Crippen LogP) is 6.09. The van der Waals surface area contributed by atoms with E-state index in [-0.39, 0.29) is 47.4 Å².